The third kappa shape index (κ3) is 5.18. The van der Waals surface area contributed by atoms with Gasteiger partial charge in [0.2, 0.25) is 11.8 Å². The molecule has 7 nitrogen and oxygen atoms in total. The highest BCUT2D eigenvalue weighted by atomic mass is 16.2. The summed E-state index contributed by atoms with van der Waals surface area (Å²) < 4.78 is 0. The molecule has 1 saturated heterocycles. The van der Waals surface area contributed by atoms with Gasteiger partial charge in [0.25, 0.3) is 5.91 Å². The summed E-state index contributed by atoms with van der Waals surface area (Å²) in [6, 6.07) is 7.79. The molecule has 3 amide bonds. The minimum atomic E-state index is -0.0602. The molecule has 1 aromatic rings. The molecule has 0 radical (unpaired) electrons. The van der Waals surface area contributed by atoms with Gasteiger partial charge in [0.1, 0.15) is 5.71 Å². The van der Waals surface area contributed by atoms with Crippen LogP contribution in [0.3, 0.4) is 0 Å². The second kappa shape index (κ2) is 8.99. The first-order valence-corrected chi connectivity index (χ1v) is 9.92. The van der Waals surface area contributed by atoms with Crippen LogP contribution in [0.4, 0.5) is 5.69 Å². The van der Waals surface area contributed by atoms with E-state index in [2.05, 4.69) is 10.4 Å². The monoisotopic (exact) mass is 384 g/mol. The molecular weight excluding hydrogens is 356 g/mol. The summed E-state index contributed by atoms with van der Waals surface area (Å²) in [5.41, 5.74) is 2.42. The van der Waals surface area contributed by atoms with Crippen molar-refractivity contribution >= 4 is 29.1 Å². The lowest BCUT2D eigenvalue weighted by molar-refractivity contribution is -0.131. The molecule has 2 heterocycles. The maximum absolute atomic E-state index is 12.6. The van der Waals surface area contributed by atoms with Gasteiger partial charge in [-0.1, -0.05) is 12.1 Å². The number of nitrogens with one attached hydrogen (secondary N) is 1. The van der Waals surface area contributed by atoms with Crippen LogP contribution in [0.25, 0.3) is 0 Å². The Hall–Kier alpha value is -2.70. The van der Waals surface area contributed by atoms with E-state index in [9.17, 15) is 14.4 Å². The summed E-state index contributed by atoms with van der Waals surface area (Å²) >= 11 is 0. The van der Waals surface area contributed by atoms with E-state index in [1.807, 2.05) is 36.1 Å². The highest BCUT2D eigenvalue weighted by Crippen LogP contribution is 2.23. The van der Waals surface area contributed by atoms with Gasteiger partial charge in [-0.05, 0) is 49.8 Å². The van der Waals surface area contributed by atoms with Crippen LogP contribution in [0.2, 0.25) is 0 Å². The second-order valence-electron chi connectivity index (χ2n) is 7.66. The third-order valence-corrected chi connectivity index (χ3v) is 5.44. The highest BCUT2D eigenvalue weighted by molar-refractivity contribution is 6.39. The summed E-state index contributed by atoms with van der Waals surface area (Å²) in [6.45, 7) is 3.36. The number of anilines is 1. The number of carbonyl (C=O) groups excluding carboxylic acids is 3. The van der Waals surface area contributed by atoms with E-state index in [1.54, 1.807) is 7.05 Å². The van der Waals surface area contributed by atoms with Crippen LogP contribution in [0, 0.1) is 12.8 Å². The zero-order valence-electron chi connectivity index (χ0n) is 16.6. The summed E-state index contributed by atoms with van der Waals surface area (Å²) in [4.78, 5) is 38.1. The lowest BCUT2D eigenvalue weighted by Gasteiger charge is -2.33. The molecule has 28 heavy (non-hydrogen) atoms. The third-order valence-electron chi connectivity index (χ3n) is 5.44. The van der Waals surface area contributed by atoms with Crippen LogP contribution in [0.15, 0.2) is 29.4 Å². The summed E-state index contributed by atoms with van der Waals surface area (Å²) in [5, 5.41) is 8.33. The molecule has 7 heteroatoms. The van der Waals surface area contributed by atoms with Crippen molar-refractivity contribution in [3.05, 3.63) is 29.8 Å². The van der Waals surface area contributed by atoms with Crippen molar-refractivity contribution in [2.24, 2.45) is 11.0 Å². The number of aryl methyl sites for hydroxylation is 1. The molecule has 0 spiro atoms. The van der Waals surface area contributed by atoms with Gasteiger partial charge in [0.15, 0.2) is 0 Å². The molecule has 1 fully saturated rings. The largest absolute Gasteiger partial charge is 0.338 e. The molecule has 1 aromatic carbocycles. The van der Waals surface area contributed by atoms with Crippen molar-refractivity contribution in [2.45, 2.75) is 45.4 Å². The van der Waals surface area contributed by atoms with Crippen molar-refractivity contribution in [1.82, 2.24) is 9.91 Å². The molecule has 0 aliphatic carbocycles. The zero-order chi connectivity index (χ0) is 20.1. The van der Waals surface area contributed by atoms with Gasteiger partial charge < -0.3 is 10.2 Å². The van der Waals surface area contributed by atoms with E-state index in [0.717, 1.165) is 30.5 Å². The molecule has 0 saturated carbocycles. The number of benzene rings is 1. The first-order valence-electron chi connectivity index (χ1n) is 9.92. The number of rotatable bonds is 5. The standard InChI is InChI=1S/C21H28N4O3/c1-15-4-3-5-17(14-15)22-19(26)8-6-16-10-12-25(13-11-16)21(28)18-7-9-20(27)24(2)23-18/h3-5,14,16H,6-13H2,1-2H3,(H,22,26). The maximum Gasteiger partial charge on any atom is 0.270 e. The van der Waals surface area contributed by atoms with Crippen LogP contribution in [0.1, 0.15) is 44.1 Å². The highest BCUT2D eigenvalue weighted by Gasteiger charge is 2.29. The normalized spacial score (nSPS) is 18.1. The molecule has 150 valence electrons. The van der Waals surface area contributed by atoms with Gasteiger partial charge in [-0.25, -0.2) is 5.01 Å². The van der Waals surface area contributed by atoms with E-state index >= 15 is 0 Å². The Labute approximate surface area is 165 Å². The Bertz CT molecular complexity index is 782. The van der Waals surface area contributed by atoms with Crippen LogP contribution >= 0.6 is 0 Å². The van der Waals surface area contributed by atoms with Crippen LogP contribution in [0.5, 0.6) is 0 Å². The number of hydrogen-bond acceptors (Lipinski definition) is 4. The predicted octanol–water partition coefficient (Wildman–Crippen LogP) is 2.56. The molecule has 2 aliphatic rings. The fraction of sp³-hybridized carbons (Fsp3) is 0.524. The minimum absolute atomic E-state index is 0.0355. The average molecular weight is 384 g/mol. The van der Waals surface area contributed by atoms with Gasteiger partial charge in [-0.15, -0.1) is 0 Å². The van der Waals surface area contributed by atoms with E-state index < -0.39 is 0 Å². The topological polar surface area (TPSA) is 82.1 Å². The number of likely N-dealkylation sites (tertiary alicyclic amines) is 1. The molecule has 1 N–H and O–H groups in total. The minimum Gasteiger partial charge on any atom is -0.338 e. The Morgan fingerprint density at radius 3 is 2.64 bits per heavy atom. The Kier molecular flexibility index (Phi) is 6.44. The molecule has 3 rings (SSSR count). The number of hydrogen-bond donors (Lipinski definition) is 1. The SMILES string of the molecule is Cc1cccc(NC(=O)CCC2CCN(C(=O)C3=NN(C)C(=O)CC3)CC2)c1. The molecule has 0 unspecified atom stereocenters. The van der Waals surface area contributed by atoms with Crippen LogP contribution < -0.4 is 5.32 Å². The van der Waals surface area contributed by atoms with Gasteiger partial charge >= 0.3 is 0 Å². The number of nitrogens with zero attached hydrogens (tertiary/aromatic N) is 3. The summed E-state index contributed by atoms with van der Waals surface area (Å²) in [7, 11) is 1.59. The molecular formula is C21H28N4O3. The van der Waals surface area contributed by atoms with E-state index in [4.69, 9.17) is 0 Å². The summed E-state index contributed by atoms with van der Waals surface area (Å²) in [5.74, 6) is 0.368. The second-order valence-corrected chi connectivity index (χ2v) is 7.66. The predicted molar refractivity (Wildman–Crippen MR) is 108 cm³/mol. The van der Waals surface area contributed by atoms with Crippen molar-refractivity contribution in [2.75, 3.05) is 25.5 Å². The first-order chi connectivity index (χ1) is 13.4. The lowest BCUT2D eigenvalue weighted by atomic mass is 9.91. The number of hydrazone groups is 1. The van der Waals surface area contributed by atoms with Gasteiger partial charge in [-0.3, -0.25) is 14.4 Å². The quantitative estimate of drug-likeness (QED) is 0.847. The fourth-order valence-corrected chi connectivity index (χ4v) is 3.71. The zero-order valence-corrected chi connectivity index (χ0v) is 16.6. The number of piperidine rings is 1. The van der Waals surface area contributed by atoms with Crippen molar-refractivity contribution in [3.8, 4) is 0 Å². The average Bonchev–Trinajstić information content (AvgIpc) is 2.68. The fourth-order valence-electron chi connectivity index (χ4n) is 3.71. The van der Waals surface area contributed by atoms with Gasteiger partial charge in [0, 0.05) is 45.1 Å². The molecule has 0 aromatic heterocycles. The van der Waals surface area contributed by atoms with Crippen molar-refractivity contribution < 1.29 is 14.4 Å². The van der Waals surface area contributed by atoms with Crippen LogP contribution in [-0.2, 0) is 14.4 Å². The van der Waals surface area contributed by atoms with Crippen LogP contribution in [-0.4, -0.2) is 53.5 Å². The number of carbonyl (C=O) groups is 3. The molecule has 0 atom stereocenters. The smallest absolute Gasteiger partial charge is 0.270 e. The number of amides is 3. The Morgan fingerprint density at radius 2 is 1.96 bits per heavy atom. The van der Waals surface area contributed by atoms with Gasteiger partial charge in [0.05, 0.1) is 0 Å². The lowest BCUT2D eigenvalue weighted by Crippen LogP contribution is -2.44. The molecule has 2 aliphatic heterocycles. The van der Waals surface area contributed by atoms with Gasteiger partial charge in [-0.2, -0.15) is 5.10 Å². The van der Waals surface area contributed by atoms with E-state index in [0.29, 0.717) is 44.0 Å². The van der Waals surface area contributed by atoms with E-state index in [1.165, 1.54) is 5.01 Å². The molecule has 0 bridgehead atoms. The van der Waals surface area contributed by atoms with Crippen molar-refractivity contribution in [3.63, 3.8) is 0 Å². The maximum atomic E-state index is 12.6. The Morgan fingerprint density at radius 1 is 1.21 bits per heavy atom. The van der Waals surface area contributed by atoms with E-state index in [-0.39, 0.29) is 17.7 Å². The summed E-state index contributed by atoms with van der Waals surface area (Å²) in [6.07, 6.45) is 3.87. The van der Waals surface area contributed by atoms with Crippen molar-refractivity contribution in [1.29, 1.82) is 0 Å². The Balaban J connectivity index is 1.41. The first kappa shape index (κ1) is 20.0.